The molecule has 1 amide bonds. The fraction of sp³-hybridized carbons (Fsp3) is 0.500. The standard InChI is InChI=1S/C14H18ClNO4S/c1-14(2,20-12-5-3-4-10(15)8-12)13(17)16-11-6-7-21(18,19)9-11/h3-5,8,11H,6-7,9H2,1-2H3,(H,16,17). The van der Waals surface area contributed by atoms with E-state index in [4.69, 9.17) is 16.3 Å². The van der Waals surface area contributed by atoms with Gasteiger partial charge >= 0.3 is 0 Å². The topological polar surface area (TPSA) is 72.5 Å². The smallest absolute Gasteiger partial charge is 0.263 e. The summed E-state index contributed by atoms with van der Waals surface area (Å²) in [5.41, 5.74) is -1.11. The van der Waals surface area contributed by atoms with Gasteiger partial charge in [-0.25, -0.2) is 8.42 Å². The molecular weight excluding hydrogens is 314 g/mol. The van der Waals surface area contributed by atoms with E-state index in [1.807, 2.05) is 0 Å². The van der Waals surface area contributed by atoms with E-state index in [2.05, 4.69) is 5.32 Å². The largest absolute Gasteiger partial charge is 0.478 e. The predicted octanol–water partition coefficient (Wildman–Crippen LogP) is 1.80. The van der Waals surface area contributed by atoms with Crippen molar-refractivity contribution >= 4 is 27.3 Å². The fourth-order valence-corrected chi connectivity index (χ4v) is 3.99. The lowest BCUT2D eigenvalue weighted by atomic mass is 10.1. The minimum Gasteiger partial charge on any atom is -0.478 e. The summed E-state index contributed by atoms with van der Waals surface area (Å²) in [4.78, 5) is 12.3. The number of benzene rings is 1. The van der Waals surface area contributed by atoms with Crippen molar-refractivity contribution in [3.8, 4) is 5.75 Å². The Morgan fingerprint density at radius 3 is 2.71 bits per heavy atom. The lowest BCUT2D eigenvalue weighted by Gasteiger charge is -2.27. The third-order valence-electron chi connectivity index (χ3n) is 3.28. The molecule has 0 aliphatic carbocycles. The van der Waals surface area contributed by atoms with Crippen LogP contribution in [0.4, 0.5) is 0 Å². The highest BCUT2D eigenvalue weighted by molar-refractivity contribution is 7.91. The van der Waals surface area contributed by atoms with Gasteiger partial charge in [-0.05, 0) is 38.5 Å². The van der Waals surface area contributed by atoms with Crippen molar-refractivity contribution in [2.24, 2.45) is 0 Å². The maximum atomic E-state index is 12.3. The number of sulfone groups is 1. The molecule has 0 aromatic heterocycles. The van der Waals surface area contributed by atoms with Crippen LogP contribution in [0.1, 0.15) is 20.3 Å². The molecule has 5 nitrogen and oxygen atoms in total. The normalized spacial score (nSPS) is 21.0. The van der Waals surface area contributed by atoms with Gasteiger partial charge in [0.15, 0.2) is 15.4 Å². The second-order valence-corrected chi connectivity index (χ2v) is 8.31. The SMILES string of the molecule is CC(C)(Oc1cccc(Cl)c1)C(=O)NC1CCS(=O)(=O)C1. The van der Waals surface area contributed by atoms with E-state index in [-0.39, 0.29) is 23.5 Å². The molecule has 1 aliphatic rings. The zero-order valence-electron chi connectivity index (χ0n) is 11.9. The van der Waals surface area contributed by atoms with Crippen LogP contribution in [0.25, 0.3) is 0 Å². The Balaban J connectivity index is 2.00. The molecule has 1 unspecified atom stereocenters. The Bertz CT molecular complexity index is 642. The van der Waals surface area contributed by atoms with Gasteiger partial charge in [-0.2, -0.15) is 0 Å². The van der Waals surface area contributed by atoms with E-state index in [0.29, 0.717) is 17.2 Å². The highest BCUT2D eigenvalue weighted by Gasteiger charge is 2.35. The molecule has 2 rings (SSSR count). The number of halogens is 1. The third kappa shape index (κ3) is 4.35. The lowest BCUT2D eigenvalue weighted by molar-refractivity contribution is -0.134. The van der Waals surface area contributed by atoms with Gasteiger partial charge in [-0.1, -0.05) is 17.7 Å². The molecule has 0 bridgehead atoms. The number of ether oxygens (including phenoxy) is 1. The maximum absolute atomic E-state index is 12.3. The van der Waals surface area contributed by atoms with Gasteiger partial charge in [-0.3, -0.25) is 4.79 Å². The van der Waals surface area contributed by atoms with E-state index in [1.54, 1.807) is 38.1 Å². The Morgan fingerprint density at radius 2 is 2.14 bits per heavy atom. The molecule has 0 radical (unpaired) electrons. The Hall–Kier alpha value is -1.27. The number of carbonyl (C=O) groups excluding carboxylic acids is 1. The van der Waals surface area contributed by atoms with E-state index >= 15 is 0 Å². The van der Waals surface area contributed by atoms with Gasteiger partial charge in [0, 0.05) is 11.1 Å². The summed E-state index contributed by atoms with van der Waals surface area (Å²) >= 11 is 5.87. The van der Waals surface area contributed by atoms with Crippen LogP contribution in [-0.2, 0) is 14.6 Å². The van der Waals surface area contributed by atoms with Crippen LogP contribution >= 0.6 is 11.6 Å². The number of hydrogen-bond donors (Lipinski definition) is 1. The molecular formula is C14H18ClNO4S. The van der Waals surface area contributed by atoms with Gasteiger partial charge in [0.05, 0.1) is 11.5 Å². The van der Waals surface area contributed by atoms with Crippen molar-refractivity contribution in [3.63, 3.8) is 0 Å². The highest BCUT2D eigenvalue weighted by Crippen LogP contribution is 2.22. The average Bonchev–Trinajstić information content (AvgIpc) is 2.68. The molecule has 1 fully saturated rings. The Morgan fingerprint density at radius 1 is 1.43 bits per heavy atom. The Kier molecular flexibility index (Phi) is 4.49. The second kappa shape index (κ2) is 5.85. The molecule has 1 aromatic rings. The first kappa shape index (κ1) is 16.1. The highest BCUT2D eigenvalue weighted by atomic mass is 35.5. The first-order valence-electron chi connectivity index (χ1n) is 6.64. The van der Waals surface area contributed by atoms with E-state index in [9.17, 15) is 13.2 Å². The van der Waals surface area contributed by atoms with Gasteiger partial charge < -0.3 is 10.1 Å². The number of rotatable bonds is 4. The predicted molar refractivity (Wildman–Crippen MR) is 81.4 cm³/mol. The first-order valence-corrected chi connectivity index (χ1v) is 8.84. The van der Waals surface area contributed by atoms with E-state index in [1.165, 1.54) is 0 Å². The lowest BCUT2D eigenvalue weighted by Crippen LogP contribution is -2.50. The van der Waals surface area contributed by atoms with Crippen molar-refractivity contribution in [2.75, 3.05) is 11.5 Å². The second-order valence-electron chi connectivity index (χ2n) is 5.64. The molecule has 7 heteroatoms. The van der Waals surface area contributed by atoms with Crippen LogP contribution in [0.15, 0.2) is 24.3 Å². The summed E-state index contributed by atoms with van der Waals surface area (Å²) in [7, 11) is -3.02. The summed E-state index contributed by atoms with van der Waals surface area (Å²) in [6.45, 7) is 3.26. The first-order chi connectivity index (χ1) is 9.68. The minimum absolute atomic E-state index is 0.00795. The van der Waals surface area contributed by atoms with Crippen LogP contribution in [0, 0.1) is 0 Å². The summed E-state index contributed by atoms with van der Waals surface area (Å²) in [5.74, 6) is 0.255. The fourth-order valence-electron chi connectivity index (χ4n) is 2.14. The number of carbonyl (C=O) groups is 1. The van der Waals surface area contributed by atoms with E-state index < -0.39 is 15.4 Å². The molecule has 0 saturated carbocycles. The maximum Gasteiger partial charge on any atom is 0.263 e. The van der Waals surface area contributed by atoms with Crippen LogP contribution in [-0.4, -0.2) is 37.5 Å². The van der Waals surface area contributed by atoms with Crippen LogP contribution in [0.5, 0.6) is 5.75 Å². The molecule has 1 N–H and O–H groups in total. The van der Waals surface area contributed by atoms with Crippen LogP contribution in [0.3, 0.4) is 0 Å². The zero-order valence-corrected chi connectivity index (χ0v) is 13.5. The minimum atomic E-state index is -3.02. The van der Waals surface area contributed by atoms with Crippen molar-refractivity contribution in [1.29, 1.82) is 0 Å². The molecule has 1 saturated heterocycles. The van der Waals surface area contributed by atoms with Crippen molar-refractivity contribution < 1.29 is 17.9 Å². The van der Waals surface area contributed by atoms with Gasteiger partial charge in [0.2, 0.25) is 0 Å². The van der Waals surface area contributed by atoms with Crippen LogP contribution < -0.4 is 10.1 Å². The molecule has 1 aliphatic heterocycles. The van der Waals surface area contributed by atoms with Crippen molar-refractivity contribution in [2.45, 2.75) is 31.9 Å². The zero-order chi connectivity index (χ0) is 15.7. The van der Waals surface area contributed by atoms with Crippen molar-refractivity contribution in [3.05, 3.63) is 29.3 Å². The number of nitrogens with one attached hydrogen (secondary N) is 1. The van der Waals surface area contributed by atoms with Gasteiger partial charge in [0.25, 0.3) is 5.91 Å². The summed E-state index contributed by atoms with van der Waals surface area (Å²) in [6, 6.07) is 6.43. The molecule has 1 atom stereocenters. The molecule has 116 valence electrons. The van der Waals surface area contributed by atoms with Gasteiger partial charge in [0.1, 0.15) is 5.75 Å². The third-order valence-corrected chi connectivity index (χ3v) is 5.29. The number of hydrogen-bond acceptors (Lipinski definition) is 4. The van der Waals surface area contributed by atoms with Crippen LogP contribution in [0.2, 0.25) is 5.02 Å². The van der Waals surface area contributed by atoms with Gasteiger partial charge in [-0.15, -0.1) is 0 Å². The summed E-state index contributed by atoms with van der Waals surface area (Å²) < 4.78 is 28.5. The molecule has 0 spiro atoms. The van der Waals surface area contributed by atoms with Crippen molar-refractivity contribution in [1.82, 2.24) is 5.32 Å². The quantitative estimate of drug-likeness (QED) is 0.913. The summed E-state index contributed by atoms with van der Waals surface area (Å²) in [5, 5.41) is 3.25. The van der Waals surface area contributed by atoms with E-state index in [0.717, 1.165) is 0 Å². The monoisotopic (exact) mass is 331 g/mol. The average molecular weight is 332 g/mol. The molecule has 1 heterocycles. The summed E-state index contributed by atoms with van der Waals surface area (Å²) in [6.07, 6.45) is 0.446. The molecule has 1 aromatic carbocycles. The Labute approximate surface area is 129 Å². The molecule has 21 heavy (non-hydrogen) atoms. The number of amides is 1.